The van der Waals surface area contributed by atoms with Gasteiger partial charge in [0.1, 0.15) is 0 Å². The molecule has 0 radical (unpaired) electrons. The van der Waals surface area contributed by atoms with Crippen molar-refractivity contribution in [2.75, 3.05) is 0 Å². The summed E-state index contributed by atoms with van der Waals surface area (Å²) in [6.07, 6.45) is 0.536. The fourth-order valence-corrected chi connectivity index (χ4v) is 2.51. The Morgan fingerprint density at radius 3 is 2.10 bits per heavy atom. The Bertz CT molecular complexity index is 548. The third-order valence-corrected chi connectivity index (χ3v) is 3.77. The Hall–Kier alpha value is -2.09. The van der Waals surface area contributed by atoms with Crippen molar-refractivity contribution in [1.82, 2.24) is 5.32 Å². The van der Waals surface area contributed by atoms with E-state index in [4.69, 9.17) is 0 Å². The molecule has 2 rings (SSSR count). The molecule has 1 atom stereocenters. The van der Waals surface area contributed by atoms with E-state index in [9.17, 15) is 4.79 Å². The monoisotopic (exact) mass is 281 g/mol. The van der Waals surface area contributed by atoms with E-state index in [-0.39, 0.29) is 11.8 Å². The van der Waals surface area contributed by atoms with Gasteiger partial charge in [-0.2, -0.15) is 0 Å². The molecule has 0 aliphatic heterocycles. The van der Waals surface area contributed by atoms with E-state index >= 15 is 0 Å². The number of carbonyl (C=O) groups excluding carboxylic acids is 1. The maximum absolute atomic E-state index is 12.2. The smallest absolute Gasteiger partial charge is 0.220 e. The molecule has 2 aromatic rings. The van der Waals surface area contributed by atoms with Crippen LogP contribution in [0.1, 0.15) is 37.3 Å². The Balaban J connectivity index is 1.93. The maximum atomic E-state index is 12.2. The van der Waals surface area contributed by atoms with Gasteiger partial charge in [0.25, 0.3) is 0 Å². The fourth-order valence-electron chi connectivity index (χ4n) is 2.51. The molecule has 21 heavy (non-hydrogen) atoms. The highest BCUT2D eigenvalue weighted by Gasteiger charge is 2.19. The summed E-state index contributed by atoms with van der Waals surface area (Å²) >= 11 is 0. The average Bonchev–Trinajstić information content (AvgIpc) is 2.52. The quantitative estimate of drug-likeness (QED) is 0.847. The highest BCUT2D eigenvalue weighted by Crippen LogP contribution is 2.27. The van der Waals surface area contributed by atoms with E-state index in [1.54, 1.807) is 0 Å². The van der Waals surface area contributed by atoms with Crippen LogP contribution in [-0.4, -0.2) is 5.91 Å². The lowest BCUT2D eigenvalue weighted by Crippen LogP contribution is -2.26. The molecule has 2 nitrogen and oxygen atoms in total. The zero-order chi connectivity index (χ0) is 15.1. The van der Waals surface area contributed by atoms with Gasteiger partial charge in [0.15, 0.2) is 0 Å². The number of benzene rings is 2. The molecular formula is C19H23NO. The largest absolute Gasteiger partial charge is 0.352 e. The van der Waals surface area contributed by atoms with Crippen molar-refractivity contribution in [3.8, 4) is 0 Å². The second kappa shape index (κ2) is 7.63. The van der Waals surface area contributed by atoms with Crippen LogP contribution in [0.5, 0.6) is 0 Å². The summed E-state index contributed by atoms with van der Waals surface area (Å²) in [4.78, 5) is 12.2. The molecule has 0 aliphatic carbocycles. The second-order valence-corrected chi connectivity index (χ2v) is 5.73. The summed E-state index contributed by atoms with van der Waals surface area (Å²) in [5, 5.41) is 3.02. The van der Waals surface area contributed by atoms with Crippen LogP contribution in [-0.2, 0) is 11.3 Å². The van der Waals surface area contributed by atoms with Gasteiger partial charge in [0.05, 0.1) is 0 Å². The van der Waals surface area contributed by atoms with Gasteiger partial charge in [-0.25, -0.2) is 0 Å². The zero-order valence-corrected chi connectivity index (χ0v) is 12.8. The Morgan fingerprint density at radius 1 is 0.952 bits per heavy atom. The van der Waals surface area contributed by atoms with E-state index in [2.05, 4.69) is 31.3 Å². The van der Waals surface area contributed by atoms with Crippen LogP contribution in [0.25, 0.3) is 0 Å². The van der Waals surface area contributed by atoms with E-state index in [0.717, 1.165) is 5.56 Å². The number of carbonyl (C=O) groups is 1. The minimum atomic E-state index is 0.112. The first-order valence-corrected chi connectivity index (χ1v) is 7.52. The molecule has 0 saturated carbocycles. The van der Waals surface area contributed by atoms with Gasteiger partial charge in [-0.15, -0.1) is 0 Å². The Morgan fingerprint density at radius 2 is 1.52 bits per heavy atom. The Kier molecular flexibility index (Phi) is 5.56. The van der Waals surface area contributed by atoms with Crippen molar-refractivity contribution in [3.63, 3.8) is 0 Å². The summed E-state index contributed by atoms with van der Waals surface area (Å²) in [6, 6.07) is 20.3. The Labute approximate surface area is 127 Å². The highest BCUT2D eigenvalue weighted by atomic mass is 16.1. The lowest BCUT2D eigenvalue weighted by atomic mass is 9.85. The predicted octanol–water partition coefficient (Wildman–Crippen LogP) is 4.13. The van der Waals surface area contributed by atoms with Crippen LogP contribution < -0.4 is 5.32 Å². The first kappa shape index (κ1) is 15.3. The summed E-state index contributed by atoms with van der Waals surface area (Å²) in [7, 11) is 0. The normalized spacial score (nSPS) is 12.1. The summed E-state index contributed by atoms with van der Waals surface area (Å²) < 4.78 is 0. The van der Waals surface area contributed by atoms with Gasteiger partial charge >= 0.3 is 0 Å². The van der Waals surface area contributed by atoms with Crippen molar-refractivity contribution in [3.05, 3.63) is 71.8 Å². The van der Waals surface area contributed by atoms with Gasteiger partial charge < -0.3 is 5.32 Å². The molecule has 0 heterocycles. The van der Waals surface area contributed by atoms with Gasteiger partial charge in [-0.05, 0) is 23.0 Å². The molecule has 1 N–H and O–H groups in total. The van der Waals surface area contributed by atoms with Crippen LogP contribution in [0.3, 0.4) is 0 Å². The number of amides is 1. The molecule has 0 spiro atoms. The molecule has 2 aromatic carbocycles. The molecular weight excluding hydrogens is 258 g/mol. The minimum Gasteiger partial charge on any atom is -0.352 e. The van der Waals surface area contributed by atoms with Crippen molar-refractivity contribution in [1.29, 1.82) is 0 Å². The molecule has 0 aromatic heterocycles. The molecule has 1 amide bonds. The summed E-state index contributed by atoms with van der Waals surface area (Å²) in [6.45, 7) is 4.93. The van der Waals surface area contributed by atoms with Crippen LogP contribution in [0.15, 0.2) is 60.7 Å². The van der Waals surface area contributed by atoms with E-state index in [0.29, 0.717) is 18.9 Å². The minimum absolute atomic E-state index is 0.112. The molecule has 0 saturated heterocycles. The topological polar surface area (TPSA) is 29.1 Å². The van der Waals surface area contributed by atoms with Crippen molar-refractivity contribution in [2.45, 2.75) is 32.7 Å². The molecule has 2 heteroatoms. The van der Waals surface area contributed by atoms with E-state index in [1.165, 1.54) is 5.56 Å². The number of hydrogen-bond donors (Lipinski definition) is 1. The van der Waals surface area contributed by atoms with Crippen molar-refractivity contribution < 1.29 is 4.79 Å². The standard InChI is InChI=1S/C19H23NO/c1-15(2)18(17-11-7-4-8-12-17)13-19(21)20-14-16-9-5-3-6-10-16/h3-12,15,18H,13-14H2,1-2H3,(H,20,21)/t18-/m0/s1. The number of nitrogens with one attached hydrogen (secondary N) is 1. The third kappa shape index (κ3) is 4.75. The molecule has 0 aliphatic rings. The number of hydrogen-bond acceptors (Lipinski definition) is 1. The molecule has 0 fully saturated rings. The van der Waals surface area contributed by atoms with Gasteiger partial charge in [-0.3, -0.25) is 4.79 Å². The third-order valence-electron chi connectivity index (χ3n) is 3.77. The van der Waals surface area contributed by atoms with Crippen LogP contribution in [0.4, 0.5) is 0 Å². The maximum Gasteiger partial charge on any atom is 0.220 e. The van der Waals surface area contributed by atoms with Crippen LogP contribution >= 0.6 is 0 Å². The average molecular weight is 281 g/mol. The summed E-state index contributed by atoms with van der Waals surface area (Å²) in [5.74, 6) is 0.818. The van der Waals surface area contributed by atoms with Crippen LogP contribution in [0, 0.1) is 5.92 Å². The first-order chi connectivity index (χ1) is 10.2. The van der Waals surface area contributed by atoms with Gasteiger partial charge in [0.2, 0.25) is 5.91 Å². The van der Waals surface area contributed by atoms with Gasteiger partial charge in [0, 0.05) is 13.0 Å². The second-order valence-electron chi connectivity index (χ2n) is 5.73. The van der Waals surface area contributed by atoms with Gasteiger partial charge in [-0.1, -0.05) is 74.5 Å². The lowest BCUT2D eigenvalue weighted by molar-refractivity contribution is -0.121. The van der Waals surface area contributed by atoms with Crippen molar-refractivity contribution in [2.24, 2.45) is 5.92 Å². The first-order valence-electron chi connectivity index (χ1n) is 7.52. The molecule has 110 valence electrons. The zero-order valence-electron chi connectivity index (χ0n) is 12.8. The van der Waals surface area contributed by atoms with E-state index in [1.807, 2.05) is 48.5 Å². The highest BCUT2D eigenvalue weighted by molar-refractivity contribution is 5.76. The number of rotatable bonds is 6. The molecule has 0 unspecified atom stereocenters. The lowest BCUT2D eigenvalue weighted by Gasteiger charge is -2.21. The van der Waals surface area contributed by atoms with E-state index < -0.39 is 0 Å². The fraction of sp³-hybridized carbons (Fsp3) is 0.316. The van der Waals surface area contributed by atoms with Crippen molar-refractivity contribution >= 4 is 5.91 Å². The molecule has 0 bridgehead atoms. The summed E-state index contributed by atoms with van der Waals surface area (Å²) in [5.41, 5.74) is 2.37. The predicted molar refractivity (Wildman–Crippen MR) is 86.9 cm³/mol. The SMILES string of the molecule is CC(C)[C@H](CC(=O)NCc1ccccc1)c1ccccc1. The van der Waals surface area contributed by atoms with Crippen LogP contribution in [0.2, 0.25) is 0 Å².